The number of rotatable bonds is 3. The second-order valence-corrected chi connectivity index (χ2v) is 13.6. The number of carbonyl (C=O) groups excluding carboxylic acids is 1. The first-order chi connectivity index (χ1) is 9.68. The lowest BCUT2D eigenvalue weighted by atomic mass is 9.72. The van der Waals surface area contributed by atoms with Crippen LogP contribution in [0.3, 0.4) is 0 Å². The van der Waals surface area contributed by atoms with E-state index in [0.29, 0.717) is 6.42 Å². The van der Waals surface area contributed by atoms with Crippen LogP contribution < -0.4 is 0 Å². The van der Waals surface area contributed by atoms with E-state index in [-0.39, 0.29) is 17.7 Å². The quantitative estimate of drug-likeness (QED) is 0.632. The van der Waals surface area contributed by atoms with Crippen molar-refractivity contribution in [2.24, 2.45) is 5.41 Å². The summed E-state index contributed by atoms with van der Waals surface area (Å²) in [6.45, 7) is 16.7. The predicted molar refractivity (Wildman–Crippen MR) is 89.7 cm³/mol. The van der Waals surface area contributed by atoms with Crippen LogP contribution in [0.5, 0.6) is 0 Å². The maximum absolute atomic E-state index is 11.8. The largest absolute Gasteiger partial charge is 0.465 e. The number of carbonyl (C=O) groups is 2. The van der Waals surface area contributed by atoms with E-state index in [1.807, 2.05) is 20.8 Å². The fourth-order valence-corrected chi connectivity index (χ4v) is 4.15. The van der Waals surface area contributed by atoms with E-state index in [4.69, 9.17) is 4.43 Å². The second kappa shape index (κ2) is 5.64. The molecular weight excluding hydrogens is 298 g/mol. The third-order valence-corrected chi connectivity index (χ3v) is 9.93. The molecule has 1 rings (SSSR count). The van der Waals surface area contributed by atoms with Crippen LogP contribution in [0.25, 0.3) is 0 Å². The first-order valence-corrected chi connectivity index (χ1v) is 10.7. The van der Waals surface area contributed by atoms with Crippen LogP contribution >= 0.6 is 0 Å². The fraction of sp³-hybridized carbons (Fsp3) is 0.875. The van der Waals surface area contributed by atoms with E-state index in [2.05, 4.69) is 33.9 Å². The van der Waals surface area contributed by atoms with Gasteiger partial charge in [-0.15, -0.1) is 0 Å². The molecule has 1 heterocycles. The summed E-state index contributed by atoms with van der Waals surface area (Å²) in [6, 6.07) is 0. The molecule has 0 radical (unpaired) electrons. The number of likely N-dealkylation sites (tertiary alicyclic amines) is 1. The van der Waals surface area contributed by atoms with E-state index < -0.39 is 25.4 Å². The molecule has 0 aromatic rings. The minimum atomic E-state index is -2.00. The maximum Gasteiger partial charge on any atom is 0.408 e. The van der Waals surface area contributed by atoms with Crippen molar-refractivity contribution in [3.8, 4) is 0 Å². The summed E-state index contributed by atoms with van der Waals surface area (Å²) in [5.74, 6) is 0. The number of carboxylic acid groups (broad SMARTS) is 1. The van der Waals surface area contributed by atoms with E-state index in [0.717, 1.165) is 6.29 Å². The van der Waals surface area contributed by atoms with Crippen molar-refractivity contribution >= 4 is 20.7 Å². The minimum absolute atomic E-state index is 0.0508. The summed E-state index contributed by atoms with van der Waals surface area (Å²) in [4.78, 5) is 24.8. The molecule has 0 saturated carbocycles. The molecule has 1 fully saturated rings. The van der Waals surface area contributed by atoms with Gasteiger partial charge in [-0.2, -0.15) is 0 Å². The van der Waals surface area contributed by atoms with Crippen LogP contribution in [0.15, 0.2) is 0 Å². The van der Waals surface area contributed by atoms with E-state index in [9.17, 15) is 14.7 Å². The van der Waals surface area contributed by atoms with Crippen molar-refractivity contribution in [1.29, 1.82) is 0 Å². The molecule has 1 saturated heterocycles. The van der Waals surface area contributed by atoms with Crippen molar-refractivity contribution in [2.75, 3.05) is 6.54 Å². The second-order valence-electron chi connectivity index (χ2n) is 8.89. The van der Waals surface area contributed by atoms with Gasteiger partial charge in [-0.1, -0.05) is 41.5 Å². The molecule has 1 aliphatic rings. The molecule has 0 aliphatic carbocycles. The van der Waals surface area contributed by atoms with Crippen LogP contribution in [-0.4, -0.2) is 48.9 Å². The highest BCUT2D eigenvalue weighted by molar-refractivity contribution is 6.74. The maximum atomic E-state index is 11.8. The van der Waals surface area contributed by atoms with Gasteiger partial charge in [0.15, 0.2) is 8.32 Å². The van der Waals surface area contributed by atoms with Crippen molar-refractivity contribution < 1.29 is 19.1 Å². The lowest BCUT2D eigenvalue weighted by Crippen LogP contribution is -2.56. The topological polar surface area (TPSA) is 66.8 Å². The van der Waals surface area contributed by atoms with E-state index >= 15 is 0 Å². The summed E-state index contributed by atoms with van der Waals surface area (Å²) in [6.07, 6.45) is -0.0423. The molecule has 6 heteroatoms. The number of nitrogens with zero attached hydrogens (tertiary/aromatic N) is 1. The highest BCUT2D eigenvalue weighted by atomic mass is 28.4. The Labute approximate surface area is 135 Å². The zero-order valence-corrected chi connectivity index (χ0v) is 16.2. The Morgan fingerprint density at radius 2 is 1.77 bits per heavy atom. The van der Waals surface area contributed by atoms with Crippen LogP contribution in [-0.2, 0) is 9.22 Å². The summed E-state index contributed by atoms with van der Waals surface area (Å²) in [5, 5.41) is 9.59. The van der Waals surface area contributed by atoms with Gasteiger partial charge in [-0.25, -0.2) is 4.79 Å². The van der Waals surface area contributed by atoms with Crippen LogP contribution in [0, 0.1) is 5.41 Å². The summed E-state index contributed by atoms with van der Waals surface area (Å²) in [7, 11) is -2.00. The third kappa shape index (κ3) is 3.22. The lowest BCUT2D eigenvalue weighted by Gasteiger charge is -2.42. The molecular formula is C16H31NO4Si. The molecule has 1 aliphatic heterocycles. The van der Waals surface area contributed by atoms with Gasteiger partial charge in [-0.05, 0) is 23.5 Å². The lowest BCUT2D eigenvalue weighted by molar-refractivity contribution is -0.122. The number of hydrogen-bond acceptors (Lipinski definition) is 3. The Hall–Kier alpha value is -0.883. The van der Waals surface area contributed by atoms with Crippen LogP contribution in [0.2, 0.25) is 18.1 Å². The zero-order chi connectivity index (χ0) is 17.6. The highest BCUT2D eigenvalue weighted by Gasteiger charge is 2.56. The fourth-order valence-electron chi connectivity index (χ4n) is 2.81. The molecule has 0 bridgehead atoms. The van der Waals surface area contributed by atoms with Crippen molar-refractivity contribution in [2.45, 2.75) is 77.7 Å². The Kier molecular flexibility index (Phi) is 4.91. The van der Waals surface area contributed by atoms with Crippen molar-refractivity contribution in [3.63, 3.8) is 0 Å². The predicted octanol–water partition coefficient (Wildman–Crippen LogP) is 3.74. The average Bonchev–Trinajstić information content (AvgIpc) is 2.66. The third-order valence-electron chi connectivity index (χ3n) is 5.40. The van der Waals surface area contributed by atoms with Crippen LogP contribution in [0.1, 0.15) is 48.0 Å². The number of hydrogen-bond donors (Lipinski definition) is 1. The van der Waals surface area contributed by atoms with E-state index in [1.54, 1.807) is 0 Å². The molecule has 1 amide bonds. The van der Waals surface area contributed by atoms with Gasteiger partial charge < -0.3 is 14.3 Å². The molecule has 5 nitrogen and oxygen atoms in total. The zero-order valence-electron chi connectivity index (χ0n) is 15.2. The normalized spacial score (nSPS) is 27.1. The molecule has 0 spiro atoms. The molecule has 0 unspecified atom stereocenters. The first-order valence-electron chi connectivity index (χ1n) is 7.83. The smallest absolute Gasteiger partial charge is 0.408 e. The Morgan fingerprint density at radius 3 is 2.05 bits per heavy atom. The van der Waals surface area contributed by atoms with Crippen LogP contribution in [0.4, 0.5) is 4.79 Å². The highest BCUT2D eigenvalue weighted by Crippen LogP contribution is 2.45. The van der Waals surface area contributed by atoms with Gasteiger partial charge in [0, 0.05) is 6.42 Å². The Bertz CT molecular complexity index is 450. The van der Waals surface area contributed by atoms with Crippen molar-refractivity contribution in [3.05, 3.63) is 0 Å². The number of aldehydes is 1. The summed E-state index contributed by atoms with van der Waals surface area (Å²) in [5.41, 5.74) is -1.50. The molecule has 128 valence electrons. The van der Waals surface area contributed by atoms with Gasteiger partial charge in [0.1, 0.15) is 11.8 Å². The summed E-state index contributed by atoms with van der Waals surface area (Å²) >= 11 is 0. The average molecular weight is 330 g/mol. The molecule has 0 aromatic carbocycles. The Balaban J connectivity index is 3.12. The monoisotopic (exact) mass is 329 g/mol. The Morgan fingerprint density at radius 1 is 1.27 bits per heavy atom. The molecule has 0 aromatic heterocycles. The van der Waals surface area contributed by atoms with Gasteiger partial charge in [0.2, 0.25) is 0 Å². The molecule has 1 N–H and O–H groups in total. The van der Waals surface area contributed by atoms with Gasteiger partial charge >= 0.3 is 6.09 Å². The summed E-state index contributed by atoms with van der Waals surface area (Å²) < 4.78 is 6.37. The number of amides is 1. The molecule has 22 heavy (non-hydrogen) atoms. The van der Waals surface area contributed by atoms with Gasteiger partial charge in [0.05, 0.1) is 12.6 Å². The van der Waals surface area contributed by atoms with E-state index in [1.165, 1.54) is 4.90 Å². The molecule has 2 atom stereocenters. The van der Waals surface area contributed by atoms with Crippen molar-refractivity contribution in [1.82, 2.24) is 4.90 Å². The van der Waals surface area contributed by atoms with Gasteiger partial charge in [-0.3, -0.25) is 4.90 Å². The standard InChI is InChI=1S/C16H31NO4Si/c1-14(2,3)16(11-18)9-12(10-17(16)13(19)20)21-22(7,8)15(4,5)6/h11-12H,9-10H2,1-8H3,(H,19,20)/t12-,16+/m0/s1. The van der Waals surface area contributed by atoms with Gasteiger partial charge in [0.25, 0.3) is 0 Å². The minimum Gasteiger partial charge on any atom is -0.465 e. The SMILES string of the molecule is CC(C)(C)[C@]1(C=O)C[C@H](O[Si](C)(C)C(C)(C)C)CN1C(=O)O. The first kappa shape index (κ1) is 19.2.